The van der Waals surface area contributed by atoms with Crippen LogP contribution in [-0.4, -0.2) is 69.0 Å². The molecule has 0 bridgehead atoms. The molecule has 2 saturated heterocycles. The largest absolute Gasteiger partial charge is 0.389 e. The maximum Gasteiger partial charge on any atom is 0.270 e. The van der Waals surface area contributed by atoms with Crippen molar-refractivity contribution < 1.29 is 19.1 Å². The Hall–Kier alpha value is -3.26. The molecule has 2 aromatic heterocycles. The topological polar surface area (TPSA) is 89.5 Å². The number of likely N-dealkylation sites (tertiary alicyclic amines) is 2. The lowest BCUT2D eigenvalue weighted by Gasteiger charge is -2.35. The fourth-order valence-electron chi connectivity index (χ4n) is 4.20. The van der Waals surface area contributed by atoms with Crippen LogP contribution in [0, 0.1) is 5.95 Å². The Labute approximate surface area is 185 Å². The zero-order chi connectivity index (χ0) is 22.7. The summed E-state index contributed by atoms with van der Waals surface area (Å²) < 4.78 is 13.5. The van der Waals surface area contributed by atoms with Gasteiger partial charge >= 0.3 is 0 Å². The Bertz CT molecular complexity index is 1080. The highest BCUT2D eigenvalue weighted by Gasteiger charge is 2.30. The van der Waals surface area contributed by atoms with Crippen molar-refractivity contribution in [1.82, 2.24) is 19.8 Å². The van der Waals surface area contributed by atoms with Crippen molar-refractivity contribution in [3.05, 3.63) is 65.9 Å². The van der Waals surface area contributed by atoms with E-state index in [9.17, 15) is 14.0 Å². The number of nitrogens with zero attached hydrogens (tertiary/aromatic N) is 3. The molecule has 2 aliphatic heterocycles. The van der Waals surface area contributed by atoms with Gasteiger partial charge in [0.1, 0.15) is 5.69 Å². The number of amides is 2. The molecule has 1 atom stereocenters. The van der Waals surface area contributed by atoms with Gasteiger partial charge in [0, 0.05) is 61.7 Å². The Balaban J connectivity index is 0.000000153. The molecule has 0 saturated carbocycles. The van der Waals surface area contributed by atoms with E-state index in [1.807, 2.05) is 30.3 Å². The molecule has 0 radical (unpaired) electrons. The maximum absolute atomic E-state index is 13.5. The van der Waals surface area contributed by atoms with Crippen LogP contribution in [0.25, 0.3) is 10.9 Å². The molecular formula is C24H27FN4O3. The van der Waals surface area contributed by atoms with Crippen LogP contribution in [0.2, 0.25) is 0 Å². The van der Waals surface area contributed by atoms with Crippen LogP contribution >= 0.6 is 0 Å². The third-order valence-corrected chi connectivity index (χ3v) is 6.00. The minimum Gasteiger partial charge on any atom is -0.389 e. The number of carbonyl (C=O) groups is 2. The van der Waals surface area contributed by atoms with E-state index in [-0.39, 0.29) is 23.8 Å². The van der Waals surface area contributed by atoms with E-state index in [1.54, 1.807) is 28.9 Å². The highest BCUT2D eigenvalue weighted by atomic mass is 19.1. The van der Waals surface area contributed by atoms with Gasteiger partial charge in [0.25, 0.3) is 5.91 Å². The number of hydrogen-bond donors (Lipinski definition) is 2. The van der Waals surface area contributed by atoms with Gasteiger partial charge in [-0.2, -0.15) is 4.39 Å². The molecule has 4 heterocycles. The number of aliphatic hydroxyl groups excluding tert-OH is 1. The summed E-state index contributed by atoms with van der Waals surface area (Å²) in [7, 11) is 0. The molecule has 5 rings (SSSR count). The summed E-state index contributed by atoms with van der Waals surface area (Å²) in [6, 6.07) is 13.1. The van der Waals surface area contributed by atoms with Crippen LogP contribution in [-0.2, 0) is 4.79 Å². The van der Waals surface area contributed by atoms with Gasteiger partial charge in [-0.05, 0) is 31.0 Å². The Morgan fingerprint density at radius 1 is 1.12 bits per heavy atom. The number of aromatic amines is 1. The summed E-state index contributed by atoms with van der Waals surface area (Å²) in [6.45, 7) is 3.83. The van der Waals surface area contributed by atoms with Crippen molar-refractivity contribution in [2.75, 3.05) is 26.2 Å². The number of piperidine rings is 1. The molecule has 3 aromatic rings. The summed E-state index contributed by atoms with van der Waals surface area (Å²) in [6.07, 6.45) is 2.95. The number of H-pyrrole nitrogens is 1. The monoisotopic (exact) mass is 438 g/mol. The zero-order valence-electron chi connectivity index (χ0n) is 18.0. The van der Waals surface area contributed by atoms with Crippen LogP contribution in [0.5, 0.6) is 0 Å². The van der Waals surface area contributed by atoms with Crippen molar-refractivity contribution in [3.63, 3.8) is 0 Å². The zero-order valence-corrected chi connectivity index (χ0v) is 18.0. The Morgan fingerprint density at radius 3 is 2.59 bits per heavy atom. The number of carbonyl (C=O) groups excluding carboxylic acids is 2. The molecule has 7 nitrogen and oxygen atoms in total. The highest BCUT2D eigenvalue weighted by molar-refractivity contribution is 5.98. The SMILES string of the molecule is CC(=O)N1CCCC(c2cccnc2F)C1.O=C(c1cc2ccccc2[nH]1)N1CC(O)C1. The van der Waals surface area contributed by atoms with Gasteiger partial charge < -0.3 is 19.9 Å². The fourth-order valence-corrected chi connectivity index (χ4v) is 4.20. The van der Waals surface area contributed by atoms with E-state index in [0.717, 1.165) is 30.3 Å². The van der Waals surface area contributed by atoms with E-state index in [1.165, 1.54) is 6.20 Å². The number of para-hydroxylation sites is 1. The molecule has 2 fully saturated rings. The van der Waals surface area contributed by atoms with E-state index in [0.29, 0.717) is 30.9 Å². The minimum absolute atomic E-state index is 0.0403. The van der Waals surface area contributed by atoms with E-state index < -0.39 is 5.95 Å². The number of hydrogen-bond acceptors (Lipinski definition) is 4. The normalized spacial score (nSPS) is 18.7. The van der Waals surface area contributed by atoms with Crippen molar-refractivity contribution in [2.45, 2.75) is 31.8 Å². The second kappa shape index (κ2) is 9.48. The number of rotatable bonds is 2. The lowest BCUT2D eigenvalue weighted by atomic mass is 9.91. The Morgan fingerprint density at radius 2 is 1.91 bits per heavy atom. The summed E-state index contributed by atoms with van der Waals surface area (Å²) in [5.74, 6) is -0.292. The van der Waals surface area contributed by atoms with Crippen LogP contribution < -0.4 is 0 Å². The van der Waals surface area contributed by atoms with Crippen molar-refractivity contribution in [2.24, 2.45) is 0 Å². The van der Waals surface area contributed by atoms with Gasteiger partial charge in [0.2, 0.25) is 11.9 Å². The number of aromatic nitrogens is 2. The molecule has 32 heavy (non-hydrogen) atoms. The summed E-state index contributed by atoms with van der Waals surface area (Å²) in [5, 5.41) is 10.2. The number of nitrogens with one attached hydrogen (secondary N) is 1. The molecule has 2 aliphatic rings. The fraction of sp³-hybridized carbons (Fsp3) is 0.375. The van der Waals surface area contributed by atoms with Gasteiger partial charge in [-0.15, -0.1) is 0 Å². The molecule has 1 aromatic carbocycles. The van der Waals surface area contributed by atoms with Gasteiger partial charge in [-0.1, -0.05) is 24.3 Å². The summed E-state index contributed by atoms with van der Waals surface area (Å²) in [5.41, 5.74) is 2.19. The third kappa shape index (κ3) is 4.80. The van der Waals surface area contributed by atoms with Crippen LogP contribution in [0.15, 0.2) is 48.7 Å². The van der Waals surface area contributed by atoms with E-state index in [4.69, 9.17) is 5.11 Å². The number of pyridine rings is 1. The van der Waals surface area contributed by atoms with E-state index >= 15 is 0 Å². The van der Waals surface area contributed by atoms with Crippen molar-refractivity contribution in [1.29, 1.82) is 0 Å². The molecule has 2 N–H and O–H groups in total. The van der Waals surface area contributed by atoms with Gasteiger partial charge in [0.15, 0.2) is 0 Å². The second-order valence-electron chi connectivity index (χ2n) is 8.32. The second-order valence-corrected chi connectivity index (χ2v) is 8.32. The number of aliphatic hydroxyl groups is 1. The molecular weight excluding hydrogens is 411 g/mol. The smallest absolute Gasteiger partial charge is 0.270 e. The number of benzene rings is 1. The van der Waals surface area contributed by atoms with E-state index in [2.05, 4.69) is 9.97 Å². The first-order valence-corrected chi connectivity index (χ1v) is 10.8. The third-order valence-electron chi connectivity index (χ3n) is 6.00. The predicted octanol–water partition coefficient (Wildman–Crippen LogP) is 2.93. The molecule has 1 unspecified atom stereocenters. The Kier molecular flexibility index (Phi) is 6.50. The number of fused-ring (bicyclic) bond motifs is 1. The summed E-state index contributed by atoms with van der Waals surface area (Å²) >= 11 is 0. The molecule has 8 heteroatoms. The first-order valence-electron chi connectivity index (χ1n) is 10.8. The van der Waals surface area contributed by atoms with Crippen LogP contribution in [0.4, 0.5) is 4.39 Å². The quantitative estimate of drug-likeness (QED) is 0.602. The van der Waals surface area contributed by atoms with Gasteiger partial charge in [0.05, 0.1) is 6.10 Å². The lowest BCUT2D eigenvalue weighted by Crippen LogP contribution is -2.53. The van der Waals surface area contributed by atoms with Gasteiger partial charge in [-0.3, -0.25) is 9.59 Å². The van der Waals surface area contributed by atoms with Crippen LogP contribution in [0.3, 0.4) is 0 Å². The molecule has 0 spiro atoms. The standard InChI is InChI=1S/C12H15FN2O.C12H12N2O2/c1-9(16)15-7-3-4-10(8-15)11-5-2-6-14-12(11)13;15-9-6-14(7-9)12(16)11-5-8-3-1-2-4-10(8)13-11/h2,5-6,10H,3-4,7-8H2,1H3;1-5,9,13,15H,6-7H2. The predicted molar refractivity (Wildman–Crippen MR) is 119 cm³/mol. The average molecular weight is 439 g/mol. The average Bonchev–Trinajstić information content (AvgIpc) is 3.22. The van der Waals surface area contributed by atoms with Gasteiger partial charge in [-0.25, -0.2) is 4.98 Å². The lowest BCUT2D eigenvalue weighted by molar-refractivity contribution is -0.130. The first kappa shape index (κ1) is 22.0. The van der Waals surface area contributed by atoms with Crippen molar-refractivity contribution >= 4 is 22.7 Å². The van der Waals surface area contributed by atoms with Crippen LogP contribution in [0.1, 0.15) is 41.7 Å². The molecule has 2 amide bonds. The molecule has 0 aliphatic carbocycles. The number of β-amino-alcohol motifs (C(OH)–C–C–N with tert-alkyl or cyclic N) is 1. The van der Waals surface area contributed by atoms with Crippen molar-refractivity contribution in [3.8, 4) is 0 Å². The first-order chi connectivity index (χ1) is 15.4. The minimum atomic E-state index is -0.405. The molecule has 168 valence electrons. The maximum atomic E-state index is 13.5. The summed E-state index contributed by atoms with van der Waals surface area (Å²) in [4.78, 5) is 33.4. The number of halogens is 1. The highest BCUT2D eigenvalue weighted by Crippen LogP contribution is 2.27.